The van der Waals surface area contributed by atoms with E-state index in [1.807, 2.05) is 11.8 Å². The minimum absolute atomic E-state index is 0.127. The molecule has 2 fully saturated rings. The van der Waals surface area contributed by atoms with E-state index in [4.69, 9.17) is 21.3 Å². The molecule has 4 rings (SSSR count). The smallest absolute Gasteiger partial charge is 0.220 e. The Balaban J connectivity index is 1.40. The van der Waals surface area contributed by atoms with Gasteiger partial charge in [0.2, 0.25) is 5.29 Å². The number of likely N-dealkylation sites (tertiary alicyclic amines) is 1. The number of ether oxygens (including phenoxy) is 1. The second kappa shape index (κ2) is 9.27. The van der Waals surface area contributed by atoms with Crippen LogP contribution in [0.4, 0.5) is 0 Å². The van der Waals surface area contributed by atoms with Gasteiger partial charge in [0.1, 0.15) is 5.84 Å². The van der Waals surface area contributed by atoms with Crippen molar-refractivity contribution in [1.82, 2.24) is 14.7 Å². The molecule has 0 aromatic heterocycles. The number of morpholine rings is 1. The van der Waals surface area contributed by atoms with E-state index in [0.29, 0.717) is 17.4 Å². The molecule has 6 nitrogen and oxygen atoms in total. The summed E-state index contributed by atoms with van der Waals surface area (Å²) in [5.74, 6) is 1.09. The predicted molar refractivity (Wildman–Crippen MR) is 123 cm³/mol. The van der Waals surface area contributed by atoms with E-state index < -0.39 is 0 Å². The molecule has 0 aliphatic carbocycles. The van der Waals surface area contributed by atoms with Crippen molar-refractivity contribution in [1.29, 1.82) is 0 Å². The number of piperidine rings is 1. The topological polar surface area (TPSA) is 43.7 Å². The zero-order valence-corrected chi connectivity index (χ0v) is 19.7. The zero-order valence-electron chi connectivity index (χ0n) is 18.1. The number of hydrogen-bond acceptors (Lipinski definition) is 7. The monoisotopic (exact) mass is 439 g/mol. The van der Waals surface area contributed by atoms with Gasteiger partial charge < -0.3 is 14.5 Å². The largest absolute Gasteiger partial charge is 0.378 e. The van der Waals surface area contributed by atoms with Crippen LogP contribution in [-0.4, -0.2) is 102 Å². The van der Waals surface area contributed by atoms with Crippen LogP contribution in [0, 0.1) is 0 Å². The van der Waals surface area contributed by atoms with Gasteiger partial charge in [-0.05, 0) is 70.9 Å². The molecule has 0 amide bonds. The van der Waals surface area contributed by atoms with Crippen molar-refractivity contribution in [3.8, 4) is 0 Å². The summed E-state index contributed by atoms with van der Waals surface area (Å²) in [5, 5.41) is 0.654. The number of rotatable bonds is 4. The van der Waals surface area contributed by atoms with Crippen LogP contribution in [0.15, 0.2) is 20.5 Å². The molecule has 8 heteroatoms. The van der Waals surface area contributed by atoms with Gasteiger partial charge in [0.25, 0.3) is 0 Å². The van der Waals surface area contributed by atoms with E-state index >= 15 is 0 Å². The van der Waals surface area contributed by atoms with Gasteiger partial charge in [-0.2, -0.15) is 0 Å². The Morgan fingerprint density at radius 3 is 2.55 bits per heavy atom. The Bertz CT molecular complexity index is 695. The van der Waals surface area contributed by atoms with Crippen molar-refractivity contribution in [3.63, 3.8) is 0 Å². The highest BCUT2D eigenvalue weighted by Crippen LogP contribution is 2.43. The average Bonchev–Trinajstić information content (AvgIpc) is 3.03. The Kier molecular flexibility index (Phi) is 6.91. The second-order valence-electron chi connectivity index (χ2n) is 8.82. The molecule has 0 radical (unpaired) electrons. The molecule has 0 bridgehead atoms. The van der Waals surface area contributed by atoms with Crippen molar-refractivity contribution >= 4 is 34.5 Å². The van der Waals surface area contributed by atoms with E-state index in [1.165, 1.54) is 36.4 Å². The maximum absolute atomic E-state index is 6.33. The van der Waals surface area contributed by atoms with Crippen LogP contribution >= 0.6 is 23.4 Å². The fourth-order valence-corrected chi connectivity index (χ4v) is 6.44. The Morgan fingerprint density at radius 1 is 1.21 bits per heavy atom. The lowest BCUT2D eigenvalue weighted by atomic mass is 10.0. The minimum atomic E-state index is 0.127. The van der Waals surface area contributed by atoms with E-state index in [1.54, 1.807) is 0 Å². The lowest BCUT2D eigenvalue weighted by Gasteiger charge is -2.38. The van der Waals surface area contributed by atoms with Crippen LogP contribution in [0.2, 0.25) is 0 Å². The molecular weight excluding hydrogens is 406 g/mol. The molecule has 0 spiro atoms. The highest BCUT2D eigenvalue weighted by molar-refractivity contribution is 8.04. The lowest BCUT2D eigenvalue weighted by molar-refractivity contribution is 0.0672. The Morgan fingerprint density at radius 2 is 1.90 bits per heavy atom. The number of aliphatic imine (C=N–C) groups is 2. The molecule has 162 valence electrons. The molecule has 0 aromatic rings. The summed E-state index contributed by atoms with van der Waals surface area (Å²) in [7, 11) is 2.27. The highest BCUT2D eigenvalue weighted by Gasteiger charge is 2.42. The standard InChI is InChI=1S/C21H34ClN5OS/c1-14(2)25(4)16-5-7-26(8-6-16)13-17-15(3)18-19(29-17)20(24-21(22)23-18)27-9-11-28-12-10-27/h14,16,18-19H,5-13H2,1-4H3. The molecule has 4 aliphatic rings. The van der Waals surface area contributed by atoms with Gasteiger partial charge in [-0.25, -0.2) is 9.98 Å². The van der Waals surface area contributed by atoms with E-state index in [9.17, 15) is 0 Å². The normalized spacial score (nSPS) is 29.6. The van der Waals surface area contributed by atoms with Crippen LogP contribution in [0.3, 0.4) is 0 Å². The fourth-order valence-electron chi connectivity index (χ4n) is 4.68. The van der Waals surface area contributed by atoms with Crippen LogP contribution < -0.4 is 0 Å². The van der Waals surface area contributed by atoms with Gasteiger partial charge >= 0.3 is 0 Å². The van der Waals surface area contributed by atoms with Crippen molar-refractivity contribution in [2.45, 2.75) is 57.0 Å². The quantitative estimate of drug-likeness (QED) is 0.630. The Labute approximate surface area is 184 Å². The molecule has 4 heterocycles. The van der Waals surface area contributed by atoms with Crippen molar-refractivity contribution in [2.75, 3.05) is 53.0 Å². The second-order valence-corrected chi connectivity index (χ2v) is 10.4. The summed E-state index contributed by atoms with van der Waals surface area (Å²) >= 11 is 8.29. The highest BCUT2D eigenvalue weighted by atomic mass is 35.5. The van der Waals surface area contributed by atoms with Gasteiger partial charge in [0, 0.05) is 36.6 Å². The Hall–Kier alpha value is -0.600. The van der Waals surface area contributed by atoms with E-state index in [2.05, 4.69) is 47.5 Å². The van der Waals surface area contributed by atoms with Crippen LogP contribution in [0.25, 0.3) is 0 Å². The molecule has 2 unspecified atom stereocenters. The summed E-state index contributed by atoms with van der Waals surface area (Å²) in [6.45, 7) is 13.5. The number of fused-ring (bicyclic) bond motifs is 1. The molecule has 0 saturated carbocycles. The van der Waals surface area contributed by atoms with Crippen LogP contribution in [0.5, 0.6) is 0 Å². The van der Waals surface area contributed by atoms with Gasteiger partial charge in [-0.15, -0.1) is 11.8 Å². The summed E-state index contributed by atoms with van der Waals surface area (Å²) in [6, 6.07) is 1.46. The molecule has 0 N–H and O–H groups in total. The maximum Gasteiger partial charge on any atom is 0.220 e. The molecule has 2 saturated heterocycles. The lowest BCUT2D eigenvalue weighted by Crippen LogP contribution is -2.48. The molecule has 29 heavy (non-hydrogen) atoms. The van der Waals surface area contributed by atoms with Gasteiger partial charge in [0.15, 0.2) is 0 Å². The molecule has 4 aliphatic heterocycles. The SMILES string of the molecule is CC1=C(CN2CCC(N(C)C(C)C)CC2)SC2C(N3CCOCC3)=NC(Cl)=NC12. The van der Waals surface area contributed by atoms with E-state index in [-0.39, 0.29) is 11.3 Å². The number of amidine groups is 2. The maximum atomic E-state index is 6.33. The fraction of sp³-hybridized carbons (Fsp3) is 0.810. The van der Waals surface area contributed by atoms with Gasteiger partial charge in [-0.1, -0.05) is 0 Å². The van der Waals surface area contributed by atoms with Crippen molar-refractivity contribution in [2.24, 2.45) is 9.98 Å². The summed E-state index contributed by atoms with van der Waals surface area (Å²) in [5.41, 5.74) is 1.38. The summed E-state index contributed by atoms with van der Waals surface area (Å²) in [4.78, 5) is 18.3. The third kappa shape index (κ3) is 4.69. The van der Waals surface area contributed by atoms with Gasteiger partial charge in [0.05, 0.1) is 24.5 Å². The zero-order chi connectivity index (χ0) is 20.5. The number of hydrogen-bond donors (Lipinski definition) is 0. The first-order chi connectivity index (χ1) is 13.9. The van der Waals surface area contributed by atoms with Crippen molar-refractivity contribution in [3.05, 3.63) is 10.5 Å². The molecular formula is C21H34ClN5OS. The molecule has 0 aromatic carbocycles. The minimum Gasteiger partial charge on any atom is -0.378 e. The van der Waals surface area contributed by atoms with E-state index in [0.717, 1.165) is 38.7 Å². The third-order valence-electron chi connectivity index (χ3n) is 6.80. The number of thioether (sulfide) groups is 1. The third-order valence-corrected chi connectivity index (χ3v) is 8.44. The number of halogens is 1. The average molecular weight is 440 g/mol. The van der Waals surface area contributed by atoms with Crippen LogP contribution in [-0.2, 0) is 4.74 Å². The van der Waals surface area contributed by atoms with Gasteiger partial charge in [-0.3, -0.25) is 4.90 Å². The first kappa shape index (κ1) is 21.6. The van der Waals surface area contributed by atoms with Crippen molar-refractivity contribution < 1.29 is 4.74 Å². The van der Waals surface area contributed by atoms with Crippen LogP contribution in [0.1, 0.15) is 33.6 Å². The summed E-state index contributed by atoms with van der Waals surface area (Å²) < 4.78 is 5.52. The number of nitrogens with zero attached hydrogens (tertiary/aromatic N) is 5. The predicted octanol–water partition coefficient (Wildman–Crippen LogP) is 2.89. The first-order valence-electron chi connectivity index (χ1n) is 10.9. The first-order valence-corrected chi connectivity index (χ1v) is 12.1. The molecule has 2 atom stereocenters. The summed E-state index contributed by atoms with van der Waals surface area (Å²) in [6.07, 6.45) is 2.51.